The van der Waals surface area contributed by atoms with Gasteiger partial charge in [-0.05, 0) is 6.07 Å². The second-order valence-corrected chi connectivity index (χ2v) is 2.66. The molecule has 0 spiro atoms. The van der Waals surface area contributed by atoms with Crippen molar-refractivity contribution in [2.45, 2.75) is 6.42 Å². The molecule has 0 heterocycles. The lowest BCUT2D eigenvalue weighted by atomic mass is 10.0. The van der Waals surface area contributed by atoms with E-state index in [0.717, 1.165) is 12.1 Å². The highest BCUT2D eigenvalue weighted by Crippen LogP contribution is 2.29. The van der Waals surface area contributed by atoms with Gasteiger partial charge >= 0.3 is 0 Å². The van der Waals surface area contributed by atoms with Crippen molar-refractivity contribution in [1.29, 1.82) is 10.5 Å². The normalized spacial score (nSPS) is 8.93. The van der Waals surface area contributed by atoms with Crippen LogP contribution in [0.5, 0.6) is 5.75 Å². The van der Waals surface area contributed by atoms with Gasteiger partial charge in [0.2, 0.25) is 0 Å². The minimum Gasteiger partial charge on any atom is -0.507 e. The van der Waals surface area contributed by atoms with Crippen LogP contribution in [0.2, 0.25) is 0 Å². The molecule has 0 amide bonds. The van der Waals surface area contributed by atoms with E-state index in [-0.39, 0.29) is 29.0 Å². The maximum atomic E-state index is 10.6. The molecule has 0 saturated heterocycles. The molecule has 0 radical (unpaired) electrons. The lowest BCUT2D eigenvalue weighted by Gasteiger charge is -2.02. The largest absolute Gasteiger partial charge is 0.507 e. The summed E-state index contributed by atoms with van der Waals surface area (Å²) in [7, 11) is 0. The standard InChI is InChI=1S/C9H5N3O3/c10-4-3-6-7(5-11)9(13)2-1-8(6)12(14)15/h1-2,13H,3H2. The van der Waals surface area contributed by atoms with Gasteiger partial charge < -0.3 is 5.11 Å². The van der Waals surface area contributed by atoms with Crippen LogP contribution in [0.25, 0.3) is 0 Å². The summed E-state index contributed by atoms with van der Waals surface area (Å²) >= 11 is 0. The molecule has 0 bridgehead atoms. The highest BCUT2D eigenvalue weighted by molar-refractivity contribution is 5.58. The summed E-state index contributed by atoms with van der Waals surface area (Å²) in [5, 5.41) is 37.0. The highest BCUT2D eigenvalue weighted by Gasteiger charge is 2.20. The second kappa shape index (κ2) is 4.07. The van der Waals surface area contributed by atoms with Crippen molar-refractivity contribution in [1.82, 2.24) is 0 Å². The van der Waals surface area contributed by atoms with Crippen LogP contribution in [0.15, 0.2) is 12.1 Å². The Labute approximate surface area is 84.8 Å². The zero-order valence-electron chi connectivity index (χ0n) is 7.47. The SMILES string of the molecule is N#CCc1c([N+](=O)[O-])ccc(O)c1C#N. The maximum Gasteiger partial charge on any atom is 0.275 e. The third-order valence-corrected chi connectivity index (χ3v) is 1.83. The summed E-state index contributed by atoms with van der Waals surface area (Å²) < 4.78 is 0. The lowest BCUT2D eigenvalue weighted by Crippen LogP contribution is -1.98. The van der Waals surface area contributed by atoms with Gasteiger partial charge in [0.15, 0.2) is 0 Å². The summed E-state index contributed by atoms with van der Waals surface area (Å²) in [4.78, 5) is 9.89. The molecule has 0 atom stereocenters. The number of aromatic hydroxyl groups is 1. The first kappa shape index (κ1) is 10.5. The molecule has 15 heavy (non-hydrogen) atoms. The molecule has 0 fully saturated rings. The van der Waals surface area contributed by atoms with E-state index in [2.05, 4.69) is 0 Å². The number of nitriles is 2. The van der Waals surface area contributed by atoms with E-state index in [9.17, 15) is 15.2 Å². The molecule has 1 rings (SSSR count). The van der Waals surface area contributed by atoms with Crippen LogP contribution >= 0.6 is 0 Å². The molecular weight excluding hydrogens is 198 g/mol. The monoisotopic (exact) mass is 203 g/mol. The number of nitro groups is 1. The minimum absolute atomic E-state index is 0.0509. The van der Waals surface area contributed by atoms with Crippen molar-refractivity contribution in [3.63, 3.8) is 0 Å². The Kier molecular flexibility index (Phi) is 2.85. The molecular formula is C9H5N3O3. The topological polar surface area (TPSA) is 111 Å². The molecule has 0 saturated carbocycles. The molecule has 0 aromatic heterocycles. The summed E-state index contributed by atoms with van der Waals surface area (Å²) in [5.41, 5.74) is -0.596. The second-order valence-electron chi connectivity index (χ2n) is 2.66. The van der Waals surface area contributed by atoms with Crippen LogP contribution in [-0.2, 0) is 6.42 Å². The fraction of sp³-hybridized carbons (Fsp3) is 0.111. The molecule has 6 heteroatoms. The van der Waals surface area contributed by atoms with Crippen molar-refractivity contribution in [3.8, 4) is 17.9 Å². The third kappa shape index (κ3) is 1.84. The highest BCUT2D eigenvalue weighted by atomic mass is 16.6. The number of hydrogen-bond acceptors (Lipinski definition) is 5. The third-order valence-electron chi connectivity index (χ3n) is 1.83. The van der Waals surface area contributed by atoms with Gasteiger partial charge in [0.1, 0.15) is 17.4 Å². The number of hydrogen-bond donors (Lipinski definition) is 1. The van der Waals surface area contributed by atoms with Crippen LogP contribution in [0.3, 0.4) is 0 Å². The van der Waals surface area contributed by atoms with Crippen LogP contribution in [0.4, 0.5) is 5.69 Å². The van der Waals surface area contributed by atoms with Gasteiger partial charge in [-0.15, -0.1) is 0 Å². The van der Waals surface area contributed by atoms with Gasteiger partial charge in [-0.3, -0.25) is 10.1 Å². The molecule has 6 nitrogen and oxygen atoms in total. The Morgan fingerprint density at radius 1 is 1.47 bits per heavy atom. The number of nitro benzene ring substituents is 1. The van der Waals surface area contributed by atoms with E-state index in [1.165, 1.54) is 0 Å². The van der Waals surface area contributed by atoms with E-state index in [4.69, 9.17) is 10.5 Å². The van der Waals surface area contributed by atoms with Gasteiger partial charge in [-0.2, -0.15) is 10.5 Å². The Morgan fingerprint density at radius 2 is 2.13 bits per heavy atom. The van der Waals surface area contributed by atoms with Gasteiger partial charge in [-0.25, -0.2) is 0 Å². The molecule has 0 unspecified atom stereocenters. The molecule has 1 aromatic carbocycles. The summed E-state index contributed by atoms with van der Waals surface area (Å²) in [5.74, 6) is -0.353. The molecule has 0 aliphatic carbocycles. The fourth-order valence-corrected chi connectivity index (χ4v) is 1.18. The molecule has 0 aliphatic heterocycles. The van der Waals surface area contributed by atoms with E-state index in [0.29, 0.717) is 0 Å². The van der Waals surface area contributed by atoms with Gasteiger partial charge in [0, 0.05) is 6.07 Å². The van der Waals surface area contributed by atoms with Crippen molar-refractivity contribution in [2.24, 2.45) is 0 Å². The summed E-state index contributed by atoms with van der Waals surface area (Å²) in [6.07, 6.45) is -0.284. The summed E-state index contributed by atoms with van der Waals surface area (Å²) in [6, 6.07) is 5.49. The average Bonchev–Trinajstić information content (AvgIpc) is 2.18. The first-order valence-electron chi connectivity index (χ1n) is 3.88. The Balaban J connectivity index is 3.52. The Bertz CT molecular complexity index is 497. The zero-order chi connectivity index (χ0) is 11.4. The van der Waals surface area contributed by atoms with Crippen molar-refractivity contribution in [2.75, 3.05) is 0 Å². The quantitative estimate of drug-likeness (QED) is 0.574. The summed E-state index contributed by atoms with van der Waals surface area (Å²) in [6.45, 7) is 0. The number of phenolic OH excluding ortho intramolecular Hbond substituents is 1. The van der Waals surface area contributed by atoms with Crippen LogP contribution < -0.4 is 0 Å². The smallest absolute Gasteiger partial charge is 0.275 e. The molecule has 1 aromatic rings. The predicted molar refractivity (Wildman–Crippen MR) is 48.8 cm³/mol. The Morgan fingerprint density at radius 3 is 2.60 bits per heavy atom. The van der Waals surface area contributed by atoms with Crippen molar-refractivity contribution < 1.29 is 10.0 Å². The van der Waals surface area contributed by atoms with Crippen LogP contribution in [-0.4, -0.2) is 10.0 Å². The van der Waals surface area contributed by atoms with E-state index in [1.807, 2.05) is 0 Å². The predicted octanol–water partition coefficient (Wildman–Crippen LogP) is 1.24. The van der Waals surface area contributed by atoms with E-state index in [1.54, 1.807) is 12.1 Å². The van der Waals surface area contributed by atoms with Crippen molar-refractivity contribution in [3.05, 3.63) is 33.4 Å². The van der Waals surface area contributed by atoms with E-state index >= 15 is 0 Å². The number of nitrogens with zero attached hydrogens (tertiary/aromatic N) is 3. The minimum atomic E-state index is -0.688. The van der Waals surface area contributed by atoms with Crippen molar-refractivity contribution >= 4 is 5.69 Å². The number of benzene rings is 1. The molecule has 0 aliphatic rings. The fourth-order valence-electron chi connectivity index (χ4n) is 1.18. The Hall–Kier alpha value is -2.60. The molecule has 74 valence electrons. The van der Waals surface area contributed by atoms with Gasteiger partial charge in [0.25, 0.3) is 5.69 Å². The van der Waals surface area contributed by atoms with Gasteiger partial charge in [-0.1, -0.05) is 0 Å². The number of phenols is 1. The van der Waals surface area contributed by atoms with Crippen LogP contribution in [0, 0.1) is 32.8 Å². The van der Waals surface area contributed by atoms with E-state index < -0.39 is 4.92 Å². The first-order valence-corrected chi connectivity index (χ1v) is 3.88. The average molecular weight is 203 g/mol. The molecule has 1 N–H and O–H groups in total. The lowest BCUT2D eigenvalue weighted by molar-refractivity contribution is -0.385. The number of rotatable bonds is 2. The maximum absolute atomic E-state index is 10.6. The van der Waals surface area contributed by atoms with Crippen LogP contribution in [0.1, 0.15) is 11.1 Å². The zero-order valence-corrected chi connectivity index (χ0v) is 7.47. The van der Waals surface area contributed by atoms with Gasteiger partial charge in [0.05, 0.1) is 23.0 Å². The first-order chi connectivity index (χ1) is 7.11.